The lowest BCUT2D eigenvalue weighted by Crippen LogP contribution is -1.92. The first kappa shape index (κ1) is 11.4. The van der Waals surface area contributed by atoms with E-state index in [-0.39, 0.29) is 0 Å². The van der Waals surface area contributed by atoms with Gasteiger partial charge in [0.1, 0.15) is 14.9 Å². The van der Waals surface area contributed by atoms with Crippen LogP contribution in [0.2, 0.25) is 5.15 Å². The van der Waals surface area contributed by atoms with E-state index in [1.54, 1.807) is 6.07 Å². The summed E-state index contributed by atoms with van der Waals surface area (Å²) in [7, 11) is 0. The highest BCUT2D eigenvalue weighted by atomic mass is 127. The molecule has 0 aliphatic heterocycles. The van der Waals surface area contributed by atoms with Gasteiger partial charge in [-0.05, 0) is 34.2 Å². The van der Waals surface area contributed by atoms with Gasteiger partial charge < -0.3 is 0 Å². The van der Waals surface area contributed by atoms with Crippen molar-refractivity contribution in [2.45, 2.75) is 0 Å². The molecule has 0 aliphatic carbocycles. The summed E-state index contributed by atoms with van der Waals surface area (Å²) in [5.41, 5.74) is 2.37. The Morgan fingerprint density at radius 2 is 1.94 bits per heavy atom. The molecule has 0 aliphatic rings. The molecule has 2 rings (SSSR count). The van der Waals surface area contributed by atoms with Crippen molar-refractivity contribution in [3.8, 4) is 17.2 Å². The quantitative estimate of drug-likeness (QED) is 0.583. The molecule has 2 nitrogen and oxygen atoms in total. The maximum atomic E-state index is 9.11. The highest BCUT2D eigenvalue weighted by molar-refractivity contribution is 14.1. The van der Waals surface area contributed by atoms with Gasteiger partial charge in [0.15, 0.2) is 0 Å². The molecule has 1 aromatic heterocycles. The van der Waals surface area contributed by atoms with Crippen LogP contribution in [0.25, 0.3) is 11.1 Å². The van der Waals surface area contributed by atoms with E-state index >= 15 is 0 Å². The fourth-order valence-electron chi connectivity index (χ4n) is 1.44. The molecule has 0 radical (unpaired) electrons. The zero-order valence-corrected chi connectivity index (χ0v) is 11.0. The predicted molar refractivity (Wildman–Crippen MR) is 72.1 cm³/mol. The zero-order valence-electron chi connectivity index (χ0n) is 8.11. The van der Waals surface area contributed by atoms with Crippen molar-refractivity contribution < 1.29 is 0 Å². The molecular formula is C12H6ClIN2. The number of pyridine rings is 1. The SMILES string of the molecule is N#Cc1c(-c2ccccc2)cc(Cl)nc1I. The lowest BCUT2D eigenvalue weighted by Gasteiger charge is -2.06. The fourth-order valence-corrected chi connectivity index (χ4v) is 2.44. The standard InChI is InChI=1S/C12H6ClIN2/c13-11-6-9(8-4-2-1-3-5-8)10(7-15)12(14)16-11/h1-6H. The van der Waals surface area contributed by atoms with Crippen LogP contribution in [0.4, 0.5) is 0 Å². The largest absolute Gasteiger partial charge is 0.229 e. The first-order valence-electron chi connectivity index (χ1n) is 4.54. The van der Waals surface area contributed by atoms with Gasteiger partial charge in [0.2, 0.25) is 0 Å². The summed E-state index contributed by atoms with van der Waals surface area (Å²) in [5.74, 6) is 0. The molecule has 0 saturated heterocycles. The van der Waals surface area contributed by atoms with E-state index in [1.807, 2.05) is 52.9 Å². The Labute approximate surface area is 112 Å². The molecule has 4 heteroatoms. The molecule has 0 atom stereocenters. The van der Waals surface area contributed by atoms with Crippen molar-refractivity contribution in [3.05, 3.63) is 50.8 Å². The Balaban J connectivity index is 2.70. The second-order valence-electron chi connectivity index (χ2n) is 3.14. The highest BCUT2D eigenvalue weighted by Crippen LogP contribution is 2.28. The summed E-state index contributed by atoms with van der Waals surface area (Å²) in [4.78, 5) is 4.06. The number of rotatable bonds is 1. The van der Waals surface area contributed by atoms with Crippen LogP contribution in [0.1, 0.15) is 5.56 Å². The van der Waals surface area contributed by atoms with Gasteiger partial charge in [0.25, 0.3) is 0 Å². The van der Waals surface area contributed by atoms with Crippen LogP contribution in [0, 0.1) is 15.0 Å². The number of hydrogen-bond donors (Lipinski definition) is 0. The van der Waals surface area contributed by atoms with Crippen molar-refractivity contribution in [1.82, 2.24) is 4.98 Å². The van der Waals surface area contributed by atoms with Gasteiger partial charge in [0.05, 0.1) is 5.56 Å². The normalized spacial score (nSPS) is 9.81. The molecule has 0 saturated carbocycles. The monoisotopic (exact) mass is 340 g/mol. The minimum atomic E-state index is 0.405. The Morgan fingerprint density at radius 1 is 1.25 bits per heavy atom. The van der Waals surface area contributed by atoms with Crippen molar-refractivity contribution in [1.29, 1.82) is 5.26 Å². The molecule has 0 spiro atoms. The topological polar surface area (TPSA) is 36.7 Å². The Hall–Kier alpha value is -1.12. The maximum Gasteiger partial charge on any atom is 0.131 e. The lowest BCUT2D eigenvalue weighted by atomic mass is 10.0. The average Bonchev–Trinajstić information content (AvgIpc) is 2.29. The smallest absolute Gasteiger partial charge is 0.131 e. The van der Waals surface area contributed by atoms with E-state index in [4.69, 9.17) is 16.9 Å². The number of halogens is 2. The van der Waals surface area contributed by atoms with Gasteiger partial charge in [-0.2, -0.15) is 5.26 Å². The molecule has 0 fully saturated rings. The number of aromatic nitrogens is 1. The second-order valence-corrected chi connectivity index (χ2v) is 4.55. The van der Waals surface area contributed by atoms with Gasteiger partial charge in [0, 0.05) is 5.56 Å². The van der Waals surface area contributed by atoms with Gasteiger partial charge in [-0.3, -0.25) is 0 Å². The predicted octanol–water partition coefficient (Wildman–Crippen LogP) is 3.88. The molecule has 1 aromatic carbocycles. The van der Waals surface area contributed by atoms with E-state index in [1.165, 1.54) is 0 Å². The van der Waals surface area contributed by atoms with Gasteiger partial charge in [-0.1, -0.05) is 41.9 Å². The molecule has 16 heavy (non-hydrogen) atoms. The molecule has 0 amide bonds. The lowest BCUT2D eigenvalue weighted by molar-refractivity contribution is 1.25. The first-order chi connectivity index (χ1) is 7.72. The third kappa shape index (κ3) is 2.18. The van der Waals surface area contributed by atoms with E-state index in [9.17, 15) is 0 Å². The average molecular weight is 341 g/mol. The third-order valence-corrected chi connectivity index (χ3v) is 3.11. The second kappa shape index (κ2) is 4.81. The zero-order chi connectivity index (χ0) is 11.5. The highest BCUT2D eigenvalue weighted by Gasteiger charge is 2.11. The van der Waals surface area contributed by atoms with Crippen molar-refractivity contribution in [2.75, 3.05) is 0 Å². The van der Waals surface area contributed by atoms with Gasteiger partial charge >= 0.3 is 0 Å². The molecule has 0 N–H and O–H groups in total. The summed E-state index contributed by atoms with van der Waals surface area (Å²) in [6.45, 7) is 0. The van der Waals surface area contributed by atoms with Crippen molar-refractivity contribution in [2.24, 2.45) is 0 Å². The molecule has 0 bridgehead atoms. The van der Waals surface area contributed by atoms with Gasteiger partial charge in [-0.25, -0.2) is 4.98 Å². The van der Waals surface area contributed by atoms with Gasteiger partial charge in [-0.15, -0.1) is 0 Å². The Bertz CT molecular complexity index is 561. The van der Waals surface area contributed by atoms with Crippen LogP contribution >= 0.6 is 34.2 Å². The number of nitrogens with zero attached hydrogens (tertiary/aromatic N) is 2. The summed E-state index contributed by atoms with van der Waals surface area (Å²) >= 11 is 7.92. The van der Waals surface area contributed by atoms with Crippen LogP contribution in [0.5, 0.6) is 0 Å². The van der Waals surface area contributed by atoms with Crippen LogP contribution in [-0.4, -0.2) is 4.98 Å². The summed E-state index contributed by atoms with van der Waals surface area (Å²) in [6.07, 6.45) is 0. The van der Waals surface area contributed by atoms with Crippen LogP contribution in [-0.2, 0) is 0 Å². The summed E-state index contributed by atoms with van der Waals surface area (Å²) < 4.78 is 0.631. The number of benzene rings is 1. The van der Waals surface area contributed by atoms with E-state index in [0.29, 0.717) is 14.4 Å². The summed E-state index contributed by atoms with van der Waals surface area (Å²) in [6, 6.07) is 13.6. The van der Waals surface area contributed by atoms with E-state index in [2.05, 4.69) is 11.1 Å². The first-order valence-corrected chi connectivity index (χ1v) is 5.99. The van der Waals surface area contributed by atoms with E-state index < -0.39 is 0 Å². The summed E-state index contributed by atoms with van der Waals surface area (Å²) in [5, 5.41) is 9.52. The molecule has 0 unspecified atom stereocenters. The number of hydrogen-bond acceptors (Lipinski definition) is 2. The Kier molecular flexibility index (Phi) is 3.42. The van der Waals surface area contributed by atoms with Crippen LogP contribution in [0.15, 0.2) is 36.4 Å². The minimum Gasteiger partial charge on any atom is -0.229 e. The van der Waals surface area contributed by atoms with Crippen LogP contribution in [0.3, 0.4) is 0 Å². The maximum absolute atomic E-state index is 9.11. The molecular weight excluding hydrogens is 335 g/mol. The molecule has 78 valence electrons. The molecule has 2 aromatic rings. The van der Waals surface area contributed by atoms with Crippen molar-refractivity contribution >= 4 is 34.2 Å². The third-order valence-electron chi connectivity index (χ3n) is 2.14. The Morgan fingerprint density at radius 3 is 2.56 bits per heavy atom. The van der Waals surface area contributed by atoms with Crippen molar-refractivity contribution in [3.63, 3.8) is 0 Å². The van der Waals surface area contributed by atoms with E-state index in [0.717, 1.165) is 11.1 Å². The minimum absolute atomic E-state index is 0.405. The van der Waals surface area contributed by atoms with Crippen LogP contribution < -0.4 is 0 Å². The fraction of sp³-hybridized carbons (Fsp3) is 0. The molecule has 1 heterocycles. The number of nitriles is 1.